The van der Waals surface area contributed by atoms with Gasteiger partial charge in [0.25, 0.3) is 5.69 Å². The first-order valence-electron chi connectivity index (χ1n) is 10.6. The van der Waals surface area contributed by atoms with Crippen molar-refractivity contribution < 1.29 is 28.9 Å². The molecular formula is C23H22N4O8. The van der Waals surface area contributed by atoms with E-state index in [1.165, 1.54) is 28.9 Å². The minimum atomic E-state index is -1.26. The Morgan fingerprint density at radius 3 is 2.31 bits per heavy atom. The second kappa shape index (κ2) is 11.0. The van der Waals surface area contributed by atoms with Gasteiger partial charge in [-0.25, -0.2) is 4.68 Å². The zero-order valence-corrected chi connectivity index (χ0v) is 18.9. The van der Waals surface area contributed by atoms with Gasteiger partial charge >= 0.3 is 11.9 Å². The molecule has 0 aliphatic carbocycles. The molecule has 0 aliphatic rings. The van der Waals surface area contributed by atoms with E-state index in [2.05, 4.69) is 5.10 Å². The van der Waals surface area contributed by atoms with Crippen molar-refractivity contribution in [2.45, 2.75) is 26.2 Å². The van der Waals surface area contributed by atoms with Crippen molar-refractivity contribution in [2.75, 3.05) is 13.2 Å². The maximum atomic E-state index is 12.4. The first-order valence-corrected chi connectivity index (χ1v) is 10.6. The van der Waals surface area contributed by atoms with Crippen molar-refractivity contribution in [3.63, 3.8) is 0 Å². The highest BCUT2D eigenvalue weighted by Crippen LogP contribution is 2.40. The van der Waals surface area contributed by atoms with Crippen LogP contribution in [0, 0.1) is 20.2 Å². The molecule has 1 atom stereocenters. The molecule has 3 rings (SSSR count). The quantitative estimate of drug-likeness (QED) is 0.240. The fourth-order valence-corrected chi connectivity index (χ4v) is 3.71. The van der Waals surface area contributed by atoms with E-state index in [0.717, 1.165) is 6.92 Å². The number of nitrogens with zero attached hydrogens (tertiary/aromatic N) is 4. The van der Waals surface area contributed by atoms with Crippen LogP contribution in [0.25, 0.3) is 5.69 Å². The summed E-state index contributed by atoms with van der Waals surface area (Å²) in [7, 11) is 0. The van der Waals surface area contributed by atoms with Crippen LogP contribution in [0.15, 0.2) is 54.6 Å². The molecule has 0 spiro atoms. The van der Waals surface area contributed by atoms with Gasteiger partial charge in [0, 0.05) is 23.5 Å². The maximum Gasteiger partial charge on any atom is 0.311 e. The number of esters is 2. The molecule has 12 nitrogen and oxygen atoms in total. The van der Waals surface area contributed by atoms with Gasteiger partial charge < -0.3 is 9.47 Å². The Morgan fingerprint density at radius 2 is 1.71 bits per heavy atom. The number of hydrogen-bond donors (Lipinski definition) is 0. The van der Waals surface area contributed by atoms with E-state index < -0.39 is 40.7 Å². The van der Waals surface area contributed by atoms with E-state index in [4.69, 9.17) is 9.47 Å². The summed E-state index contributed by atoms with van der Waals surface area (Å²) in [6.07, 6.45) is -0.397. The topological polar surface area (TPSA) is 157 Å². The summed E-state index contributed by atoms with van der Waals surface area (Å²) in [4.78, 5) is 46.6. The number of carbonyl (C=O) groups excluding carboxylic acids is 2. The zero-order chi connectivity index (χ0) is 25.5. The lowest BCUT2D eigenvalue weighted by Gasteiger charge is -2.16. The van der Waals surface area contributed by atoms with Gasteiger partial charge in [0.15, 0.2) is 0 Å². The van der Waals surface area contributed by atoms with E-state index in [0.29, 0.717) is 5.69 Å². The minimum absolute atomic E-state index is 0.0142. The number of rotatable bonds is 10. The predicted molar refractivity (Wildman–Crippen MR) is 122 cm³/mol. The SMILES string of the molecule is CCOC(=O)Cc1nn(-c2ccccc2)c(OC(C)=O)c1[C@H](C[N+](=O)[O-])c1ccccc1[N+](=O)[O-]. The van der Waals surface area contributed by atoms with E-state index in [-0.39, 0.29) is 35.0 Å². The predicted octanol–water partition coefficient (Wildman–Crippen LogP) is 3.22. The molecule has 0 amide bonds. The molecule has 0 N–H and O–H groups in total. The van der Waals surface area contributed by atoms with Crippen LogP contribution < -0.4 is 4.74 Å². The molecule has 0 saturated carbocycles. The molecule has 1 aromatic heterocycles. The molecule has 0 aliphatic heterocycles. The maximum absolute atomic E-state index is 12.4. The molecule has 1 heterocycles. The second-order valence-electron chi connectivity index (χ2n) is 7.37. The van der Waals surface area contributed by atoms with E-state index >= 15 is 0 Å². The average molecular weight is 482 g/mol. The van der Waals surface area contributed by atoms with E-state index in [9.17, 15) is 29.8 Å². The number of hydrogen-bond acceptors (Lipinski definition) is 9. The summed E-state index contributed by atoms with van der Waals surface area (Å²) < 4.78 is 11.7. The third-order valence-electron chi connectivity index (χ3n) is 5.00. The second-order valence-corrected chi connectivity index (χ2v) is 7.37. The van der Waals surface area contributed by atoms with Crippen molar-refractivity contribution in [1.82, 2.24) is 9.78 Å². The number of ether oxygens (including phenoxy) is 2. The highest BCUT2D eigenvalue weighted by molar-refractivity contribution is 5.74. The van der Waals surface area contributed by atoms with E-state index in [1.54, 1.807) is 37.3 Å². The number of carbonyl (C=O) groups is 2. The molecule has 12 heteroatoms. The number of aromatic nitrogens is 2. The highest BCUT2D eigenvalue weighted by atomic mass is 16.6. The lowest BCUT2D eigenvalue weighted by molar-refractivity contribution is -0.482. The van der Waals surface area contributed by atoms with Crippen LogP contribution in [0.5, 0.6) is 5.88 Å². The monoisotopic (exact) mass is 482 g/mol. The van der Waals surface area contributed by atoms with Crippen molar-refractivity contribution >= 4 is 17.6 Å². The van der Waals surface area contributed by atoms with Gasteiger partial charge in [0.2, 0.25) is 12.4 Å². The molecule has 3 aromatic rings. The smallest absolute Gasteiger partial charge is 0.311 e. The van der Waals surface area contributed by atoms with Crippen LogP contribution in [-0.4, -0.2) is 44.7 Å². The van der Waals surface area contributed by atoms with Crippen LogP contribution >= 0.6 is 0 Å². The summed E-state index contributed by atoms with van der Waals surface area (Å²) >= 11 is 0. The first kappa shape index (κ1) is 25.0. The molecule has 0 fully saturated rings. The lowest BCUT2D eigenvalue weighted by atomic mass is 9.89. The molecule has 182 valence electrons. The Hall–Kier alpha value is -4.61. The Bertz CT molecular complexity index is 1260. The summed E-state index contributed by atoms with van der Waals surface area (Å²) in [5.41, 5.74) is 0.155. The number of para-hydroxylation sites is 2. The molecule has 0 radical (unpaired) electrons. The average Bonchev–Trinajstić information content (AvgIpc) is 3.14. The van der Waals surface area contributed by atoms with Crippen LogP contribution in [0.4, 0.5) is 5.69 Å². The summed E-state index contributed by atoms with van der Waals surface area (Å²) in [5.74, 6) is -2.84. The summed E-state index contributed by atoms with van der Waals surface area (Å²) in [6.45, 7) is 2.07. The fraction of sp³-hybridized carbons (Fsp3) is 0.261. The van der Waals surface area contributed by atoms with Crippen LogP contribution in [0.1, 0.15) is 36.6 Å². The van der Waals surface area contributed by atoms with Gasteiger partial charge in [-0.15, -0.1) is 0 Å². The normalized spacial score (nSPS) is 11.5. The van der Waals surface area contributed by atoms with E-state index in [1.807, 2.05) is 0 Å². The third-order valence-corrected chi connectivity index (χ3v) is 5.00. The Morgan fingerprint density at radius 1 is 1.06 bits per heavy atom. The van der Waals surface area contributed by atoms with Crippen LogP contribution in [0.2, 0.25) is 0 Å². The van der Waals surface area contributed by atoms with Gasteiger partial charge in [-0.2, -0.15) is 5.10 Å². The van der Waals surface area contributed by atoms with Gasteiger partial charge in [0.1, 0.15) is 0 Å². The van der Waals surface area contributed by atoms with Crippen molar-refractivity contribution in [2.24, 2.45) is 0 Å². The number of nitro benzene ring substituents is 1. The zero-order valence-electron chi connectivity index (χ0n) is 18.9. The van der Waals surface area contributed by atoms with Gasteiger partial charge in [-0.1, -0.05) is 36.4 Å². The standard InChI is InChI=1S/C23H22N4O8/c1-3-34-21(29)13-19-22(18(14-25(30)31)17-11-7-8-12-20(17)27(32)33)23(35-15(2)28)26(24-19)16-9-5-4-6-10-16/h4-12,18H,3,13-14H2,1-2H3/t18-/m1/s1. The van der Waals surface area contributed by atoms with Gasteiger partial charge in [-0.05, 0) is 19.1 Å². The largest absolute Gasteiger partial charge is 0.466 e. The fourth-order valence-electron chi connectivity index (χ4n) is 3.71. The van der Waals surface area contributed by atoms with Crippen molar-refractivity contribution in [3.8, 4) is 11.6 Å². The Labute approximate surface area is 199 Å². The van der Waals surface area contributed by atoms with Crippen LogP contribution in [0.3, 0.4) is 0 Å². The van der Waals surface area contributed by atoms with Crippen molar-refractivity contribution in [3.05, 3.63) is 91.6 Å². The highest BCUT2D eigenvalue weighted by Gasteiger charge is 2.36. The minimum Gasteiger partial charge on any atom is -0.466 e. The first-order chi connectivity index (χ1) is 16.7. The Kier molecular flexibility index (Phi) is 7.87. The van der Waals surface area contributed by atoms with Crippen LogP contribution in [-0.2, 0) is 20.7 Å². The third kappa shape index (κ3) is 5.85. The number of benzene rings is 2. The number of nitro groups is 2. The molecule has 2 aromatic carbocycles. The van der Waals surface area contributed by atoms with Crippen molar-refractivity contribution in [1.29, 1.82) is 0 Å². The molecule has 35 heavy (non-hydrogen) atoms. The van der Waals surface area contributed by atoms with Gasteiger partial charge in [0.05, 0.1) is 40.8 Å². The summed E-state index contributed by atoms with van der Waals surface area (Å²) in [5, 5.41) is 27.9. The molecule has 0 saturated heterocycles. The Balaban J connectivity index is 2.36. The molecular weight excluding hydrogens is 460 g/mol. The molecule has 0 unspecified atom stereocenters. The molecule has 0 bridgehead atoms. The van der Waals surface area contributed by atoms with Gasteiger partial charge in [-0.3, -0.25) is 29.8 Å². The summed E-state index contributed by atoms with van der Waals surface area (Å²) in [6, 6.07) is 14.0. The lowest BCUT2D eigenvalue weighted by Crippen LogP contribution is -2.19.